The number of nitriles is 1. The Bertz CT molecular complexity index is 809. The van der Waals surface area contributed by atoms with Crippen molar-refractivity contribution in [2.75, 3.05) is 0 Å². The third-order valence-electron chi connectivity index (χ3n) is 3.11. The van der Waals surface area contributed by atoms with Crippen molar-refractivity contribution in [2.45, 2.75) is 18.7 Å². The molecule has 0 bridgehead atoms. The second-order valence-electron chi connectivity index (χ2n) is 4.85. The molecule has 0 amide bonds. The van der Waals surface area contributed by atoms with Gasteiger partial charge in [-0.2, -0.15) is 5.26 Å². The molecule has 0 heterocycles. The first-order valence-electron chi connectivity index (χ1n) is 6.44. The minimum absolute atomic E-state index is 0.132. The predicted octanol–water partition coefficient (Wildman–Crippen LogP) is 3.64. The van der Waals surface area contributed by atoms with Crippen LogP contribution in [0.25, 0.3) is 6.08 Å². The van der Waals surface area contributed by atoms with Crippen molar-refractivity contribution in [3.05, 3.63) is 70.1 Å². The van der Waals surface area contributed by atoms with Crippen molar-refractivity contribution in [3.8, 4) is 6.07 Å². The van der Waals surface area contributed by atoms with Crippen molar-refractivity contribution in [3.63, 3.8) is 0 Å². The lowest BCUT2D eigenvalue weighted by molar-refractivity contribution is 0.603. The van der Waals surface area contributed by atoms with Gasteiger partial charge in [0.1, 0.15) is 11.0 Å². The SMILES string of the molecule is Cc1ccc(/C=C(/C#N)S(=O)(=O)c2ccc(C)cc2)cc1. The number of hydrogen-bond donors (Lipinski definition) is 0. The number of rotatable bonds is 3. The van der Waals surface area contributed by atoms with Gasteiger partial charge in [-0.25, -0.2) is 8.42 Å². The van der Waals surface area contributed by atoms with Crippen LogP contribution in [-0.4, -0.2) is 8.42 Å². The maximum absolute atomic E-state index is 12.5. The second-order valence-corrected chi connectivity index (χ2v) is 6.77. The van der Waals surface area contributed by atoms with Crippen LogP contribution in [0, 0.1) is 25.2 Å². The number of nitrogens with zero attached hydrogens (tertiary/aromatic N) is 1. The number of aryl methyl sites for hydroxylation is 2. The summed E-state index contributed by atoms with van der Waals surface area (Å²) in [6, 6.07) is 15.6. The Morgan fingerprint density at radius 1 is 0.952 bits per heavy atom. The molecule has 106 valence electrons. The molecule has 0 saturated carbocycles. The summed E-state index contributed by atoms with van der Waals surface area (Å²) in [5.41, 5.74) is 2.73. The van der Waals surface area contributed by atoms with Crippen molar-refractivity contribution < 1.29 is 8.42 Å². The topological polar surface area (TPSA) is 57.9 Å². The molecular formula is C17H15NO2S. The largest absolute Gasteiger partial charge is 0.218 e. The first kappa shape index (κ1) is 15.0. The van der Waals surface area contributed by atoms with Gasteiger partial charge < -0.3 is 0 Å². The summed E-state index contributed by atoms with van der Waals surface area (Å²) in [6.45, 7) is 3.82. The van der Waals surface area contributed by atoms with Crippen LogP contribution in [-0.2, 0) is 9.84 Å². The predicted molar refractivity (Wildman–Crippen MR) is 83.1 cm³/mol. The van der Waals surface area contributed by atoms with Gasteiger partial charge in [-0.3, -0.25) is 0 Å². The van der Waals surface area contributed by atoms with Crippen LogP contribution in [0.3, 0.4) is 0 Å². The Kier molecular flexibility index (Phi) is 4.25. The number of sulfone groups is 1. The summed E-state index contributed by atoms with van der Waals surface area (Å²) in [6.07, 6.45) is 1.40. The molecule has 0 aliphatic rings. The molecule has 0 radical (unpaired) electrons. The Hall–Kier alpha value is -2.38. The standard InChI is InChI=1S/C17H15NO2S/c1-13-3-7-15(8-4-13)11-17(12-18)21(19,20)16-9-5-14(2)6-10-16/h3-11H,1-2H3/b17-11-. The quantitative estimate of drug-likeness (QED) is 0.813. The molecule has 0 aliphatic heterocycles. The molecule has 3 nitrogen and oxygen atoms in total. The molecule has 0 N–H and O–H groups in total. The summed E-state index contributed by atoms with van der Waals surface area (Å²) in [5.74, 6) is 0. The minimum Gasteiger partial charge on any atom is -0.218 e. The van der Waals surface area contributed by atoms with E-state index in [1.165, 1.54) is 18.2 Å². The molecule has 0 aromatic heterocycles. The maximum atomic E-state index is 12.5. The monoisotopic (exact) mass is 297 g/mol. The molecule has 0 unspecified atom stereocenters. The van der Waals surface area contributed by atoms with Gasteiger partial charge >= 0.3 is 0 Å². The van der Waals surface area contributed by atoms with Gasteiger partial charge in [0.15, 0.2) is 0 Å². The van der Waals surface area contributed by atoms with Gasteiger partial charge in [0.2, 0.25) is 9.84 Å². The highest BCUT2D eigenvalue weighted by molar-refractivity contribution is 7.95. The van der Waals surface area contributed by atoms with Gasteiger partial charge in [-0.15, -0.1) is 0 Å². The molecule has 0 atom stereocenters. The fourth-order valence-electron chi connectivity index (χ4n) is 1.83. The minimum atomic E-state index is -3.78. The van der Waals surface area contributed by atoms with Crippen LogP contribution in [0.15, 0.2) is 58.3 Å². The Labute approximate surface area is 125 Å². The van der Waals surface area contributed by atoms with E-state index in [1.807, 2.05) is 26.0 Å². The van der Waals surface area contributed by atoms with E-state index < -0.39 is 9.84 Å². The van der Waals surface area contributed by atoms with E-state index in [-0.39, 0.29) is 9.80 Å². The van der Waals surface area contributed by atoms with E-state index in [0.29, 0.717) is 5.56 Å². The number of allylic oxidation sites excluding steroid dienone is 1. The zero-order valence-electron chi connectivity index (χ0n) is 11.9. The normalized spacial score (nSPS) is 12.0. The second kappa shape index (κ2) is 5.94. The molecule has 4 heteroatoms. The zero-order chi connectivity index (χ0) is 15.5. The Balaban J connectivity index is 2.47. The van der Waals surface area contributed by atoms with Crippen molar-refractivity contribution in [1.82, 2.24) is 0 Å². The average Bonchev–Trinajstić information content (AvgIpc) is 2.47. The maximum Gasteiger partial charge on any atom is 0.216 e. The summed E-state index contributed by atoms with van der Waals surface area (Å²) in [4.78, 5) is -0.122. The van der Waals surface area contributed by atoms with Crippen molar-refractivity contribution >= 4 is 15.9 Å². The fraction of sp³-hybridized carbons (Fsp3) is 0.118. The molecule has 21 heavy (non-hydrogen) atoms. The van der Waals surface area contributed by atoms with Gasteiger partial charge in [0.05, 0.1) is 4.90 Å². The van der Waals surface area contributed by atoms with Crippen LogP contribution in [0.1, 0.15) is 16.7 Å². The molecule has 2 aromatic carbocycles. The lowest BCUT2D eigenvalue weighted by atomic mass is 10.1. The van der Waals surface area contributed by atoms with Gasteiger partial charge in [0.25, 0.3) is 0 Å². The third kappa shape index (κ3) is 3.39. The number of hydrogen-bond acceptors (Lipinski definition) is 3. The smallest absolute Gasteiger partial charge is 0.216 e. The fourth-order valence-corrected chi connectivity index (χ4v) is 2.99. The van der Waals surface area contributed by atoms with E-state index in [9.17, 15) is 13.7 Å². The number of benzene rings is 2. The highest BCUT2D eigenvalue weighted by Crippen LogP contribution is 2.21. The highest BCUT2D eigenvalue weighted by atomic mass is 32.2. The van der Waals surface area contributed by atoms with E-state index in [0.717, 1.165) is 11.1 Å². The molecular weight excluding hydrogens is 282 g/mol. The van der Waals surface area contributed by atoms with E-state index in [1.54, 1.807) is 30.3 Å². The van der Waals surface area contributed by atoms with Crippen LogP contribution < -0.4 is 0 Å². The zero-order valence-corrected chi connectivity index (χ0v) is 12.7. The van der Waals surface area contributed by atoms with Crippen LogP contribution in [0.4, 0.5) is 0 Å². The van der Waals surface area contributed by atoms with E-state index in [4.69, 9.17) is 0 Å². The van der Waals surface area contributed by atoms with Crippen LogP contribution in [0.2, 0.25) is 0 Å². The first-order valence-corrected chi connectivity index (χ1v) is 7.92. The molecule has 0 saturated heterocycles. The molecule has 2 aromatic rings. The van der Waals surface area contributed by atoms with Gasteiger partial charge in [0, 0.05) is 0 Å². The van der Waals surface area contributed by atoms with Gasteiger partial charge in [-0.05, 0) is 37.6 Å². The van der Waals surface area contributed by atoms with Crippen LogP contribution in [0.5, 0.6) is 0 Å². The Morgan fingerprint density at radius 2 is 1.43 bits per heavy atom. The van der Waals surface area contributed by atoms with Gasteiger partial charge in [-0.1, -0.05) is 47.5 Å². The lowest BCUT2D eigenvalue weighted by Gasteiger charge is -2.04. The first-order chi connectivity index (χ1) is 9.93. The third-order valence-corrected chi connectivity index (χ3v) is 4.79. The summed E-state index contributed by atoms with van der Waals surface area (Å²) >= 11 is 0. The highest BCUT2D eigenvalue weighted by Gasteiger charge is 2.20. The Morgan fingerprint density at radius 3 is 1.90 bits per heavy atom. The summed E-state index contributed by atoms with van der Waals surface area (Å²) in [5, 5.41) is 9.20. The van der Waals surface area contributed by atoms with Crippen molar-refractivity contribution in [2.24, 2.45) is 0 Å². The molecule has 0 spiro atoms. The molecule has 2 rings (SSSR count). The van der Waals surface area contributed by atoms with E-state index >= 15 is 0 Å². The average molecular weight is 297 g/mol. The van der Waals surface area contributed by atoms with Crippen LogP contribution >= 0.6 is 0 Å². The molecule has 0 fully saturated rings. The van der Waals surface area contributed by atoms with E-state index in [2.05, 4.69) is 0 Å². The summed E-state index contributed by atoms with van der Waals surface area (Å²) < 4.78 is 24.9. The molecule has 0 aliphatic carbocycles. The summed E-state index contributed by atoms with van der Waals surface area (Å²) in [7, 11) is -3.78. The lowest BCUT2D eigenvalue weighted by Crippen LogP contribution is -2.03. The van der Waals surface area contributed by atoms with Crippen molar-refractivity contribution in [1.29, 1.82) is 5.26 Å².